The molecular weight excluding hydrogens is 258 g/mol. The summed E-state index contributed by atoms with van der Waals surface area (Å²) < 4.78 is 6.10. The van der Waals surface area contributed by atoms with Gasteiger partial charge in [-0.15, -0.1) is 0 Å². The molecule has 0 bridgehead atoms. The van der Waals surface area contributed by atoms with E-state index in [9.17, 15) is 0 Å². The molecule has 2 rings (SSSR count). The molecule has 0 saturated heterocycles. The SMILES string of the molecule is Cc1cc(C(C)(C)C)ccc1Oc1ccccc1CCN. The zero-order chi connectivity index (χ0) is 15.5. The van der Waals surface area contributed by atoms with E-state index >= 15 is 0 Å². The van der Waals surface area contributed by atoms with Crippen molar-refractivity contribution in [1.82, 2.24) is 0 Å². The Morgan fingerprint density at radius 3 is 2.33 bits per heavy atom. The minimum atomic E-state index is 0.154. The lowest BCUT2D eigenvalue weighted by Gasteiger charge is -2.21. The van der Waals surface area contributed by atoms with Gasteiger partial charge in [0.25, 0.3) is 0 Å². The minimum Gasteiger partial charge on any atom is -0.457 e. The van der Waals surface area contributed by atoms with E-state index < -0.39 is 0 Å². The molecule has 2 aromatic rings. The van der Waals surface area contributed by atoms with Crippen molar-refractivity contribution in [2.45, 2.75) is 39.5 Å². The van der Waals surface area contributed by atoms with Gasteiger partial charge in [-0.05, 0) is 54.1 Å². The summed E-state index contributed by atoms with van der Waals surface area (Å²) in [6.07, 6.45) is 0.829. The van der Waals surface area contributed by atoms with E-state index in [1.165, 1.54) is 5.56 Å². The van der Waals surface area contributed by atoms with Gasteiger partial charge in [0.2, 0.25) is 0 Å². The van der Waals surface area contributed by atoms with Crippen molar-refractivity contribution in [1.29, 1.82) is 0 Å². The molecule has 2 aromatic carbocycles. The van der Waals surface area contributed by atoms with Gasteiger partial charge in [-0.25, -0.2) is 0 Å². The number of ether oxygens (including phenoxy) is 1. The molecule has 0 spiro atoms. The average Bonchev–Trinajstić information content (AvgIpc) is 2.42. The van der Waals surface area contributed by atoms with Gasteiger partial charge in [0.15, 0.2) is 0 Å². The molecule has 21 heavy (non-hydrogen) atoms. The van der Waals surface area contributed by atoms with Crippen molar-refractivity contribution in [3.63, 3.8) is 0 Å². The van der Waals surface area contributed by atoms with E-state index in [4.69, 9.17) is 10.5 Å². The Morgan fingerprint density at radius 1 is 1.00 bits per heavy atom. The van der Waals surface area contributed by atoms with Gasteiger partial charge in [0, 0.05) is 0 Å². The maximum atomic E-state index is 6.10. The molecule has 2 N–H and O–H groups in total. The zero-order valence-corrected chi connectivity index (χ0v) is 13.4. The Morgan fingerprint density at radius 2 is 1.71 bits per heavy atom. The number of aryl methyl sites for hydroxylation is 1. The summed E-state index contributed by atoms with van der Waals surface area (Å²) in [5.41, 5.74) is 9.45. The molecule has 112 valence electrons. The Bertz CT molecular complexity index is 611. The summed E-state index contributed by atoms with van der Waals surface area (Å²) >= 11 is 0. The van der Waals surface area contributed by atoms with Crippen molar-refractivity contribution < 1.29 is 4.74 Å². The van der Waals surface area contributed by atoms with Gasteiger partial charge in [0.05, 0.1) is 0 Å². The van der Waals surface area contributed by atoms with Crippen LogP contribution in [0.25, 0.3) is 0 Å². The molecule has 0 atom stereocenters. The first-order valence-electron chi connectivity index (χ1n) is 7.49. The van der Waals surface area contributed by atoms with E-state index in [1.54, 1.807) is 0 Å². The van der Waals surface area contributed by atoms with Crippen LogP contribution < -0.4 is 10.5 Å². The molecule has 0 saturated carbocycles. The smallest absolute Gasteiger partial charge is 0.130 e. The Labute approximate surface area is 127 Å². The summed E-state index contributed by atoms with van der Waals surface area (Å²) in [7, 11) is 0. The van der Waals surface area contributed by atoms with Crippen LogP contribution in [0, 0.1) is 6.92 Å². The summed E-state index contributed by atoms with van der Waals surface area (Å²) in [5, 5.41) is 0. The third-order valence-electron chi connectivity index (χ3n) is 3.65. The van der Waals surface area contributed by atoms with Gasteiger partial charge in [-0.2, -0.15) is 0 Å². The number of hydrogen-bond donors (Lipinski definition) is 1. The molecule has 0 unspecified atom stereocenters. The van der Waals surface area contributed by atoms with E-state index in [0.717, 1.165) is 29.0 Å². The summed E-state index contributed by atoms with van der Waals surface area (Å²) in [6, 6.07) is 14.5. The van der Waals surface area contributed by atoms with E-state index in [0.29, 0.717) is 6.54 Å². The maximum Gasteiger partial charge on any atom is 0.130 e. The summed E-state index contributed by atoms with van der Waals surface area (Å²) in [5.74, 6) is 1.81. The third kappa shape index (κ3) is 3.85. The Balaban J connectivity index is 2.28. The van der Waals surface area contributed by atoms with E-state index in [-0.39, 0.29) is 5.41 Å². The molecule has 0 amide bonds. The summed E-state index contributed by atoms with van der Waals surface area (Å²) in [4.78, 5) is 0. The van der Waals surface area contributed by atoms with E-state index in [1.807, 2.05) is 18.2 Å². The molecule has 0 aliphatic heterocycles. The number of nitrogens with two attached hydrogens (primary N) is 1. The van der Waals surface area contributed by atoms with E-state index in [2.05, 4.69) is 52.0 Å². The molecule has 0 aromatic heterocycles. The quantitative estimate of drug-likeness (QED) is 0.891. The second kappa shape index (κ2) is 6.31. The van der Waals surface area contributed by atoms with Gasteiger partial charge in [0.1, 0.15) is 11.5 Å². The van der Waals surface area contributed by atoms with Crippen molar-refractivity contribution in [3.05, 3.63) is 59.2 Å². The first-order valence-corrected chi connectivity index (χ1v) is 7.49. The minimum absolute atomic E-state index is 0.154. The predicted molar refractivity (Wildman–Crippen MR) is 89.2 cm³/mol. The molecule has 0 aliphatic rings. The highest BCUT2D eigenvalue weighted by molar-refractivity contribution is 5.43. The fraction of sp³-hybridized carbons (Fsp3) is 0.368. The molecule has 2 nitrogen and oxygen atoms in total. The predicted octanol–water partition coefficient (Wildman–Crippen LogP) is 4.59. The third-order valence-corrected chi connectivity index (χ3v) is 3.65. The van der Waals surface area contributed by atoms with Crippen LogP contribution in [0.3, 0.4) is 0 Å². The second-order valence-corrected chi connectivity index (χ2v) is 6.48. The molecule has 2 heteroatoms. The van der Waals surface area contributed by atoms with Gasteiger partial charge in [-0.3, -0.25) is 0 Å². The topological polar surface area (TPSA) is 35.2 Å². The molecular formula is C19H25NO. The van der Waals surface area contributed by atoms with Crippen LogP contribution in [-0.2, 0) is 11.8 Å². The van der Waals surface area contributed by atoms with Crippen LogP contribution in [0.2, 0.25) is 0 Å². The van der Waals surface area contributed by atoms with Crippen LogP contribution in [0.4, 0.5) is 0 Å². The normalized spacial score (nSPS) is 11.5. The highest BCUT2D eigenvalue weighted by Crippen LogP contribution is 2.31. The highest BCUT2D eigenvalue weighted by atomic mass is 16.5. The largest absolute Gasteiger partial charge is 0.457 e. The second-order valence-electron chi connectivity index (χ2n) is 6.48. The Hall–Kier alpha value is -1.80. The number of benzene rings is 2. The van der Waals surface area contributed by atoms with Crippen LogP contribution in [-0.4, -0.2) is 6.54 Å². The maximum absolute atomic E-state index is 6.10. The lowest BCUT2D eigenvalue weighted by molar-refractivity contribution is 0.471. The summed E-state index contributed by atoms with van der Waals surface area (Å²) in [6.45, 7) is 9.38. The number of hydrogen-bond acceptors (Lipinski definition) is 2. The van der Waals surface area contributed by atoms with Gasteiger partial charge >= 0.3 is 0 Å². The first-order chi connectivity index (χ1) is 9.91. The first kappa shape index (κ1) is 15.6. The van der Waals surface area contributed by atoms with Crippen LogP contribution >= 0.6 is 0 Å². The fourth-order valence-corrected chi connectivity index (χ4v) is 2.31. The number of para-hydroxylation sites is 1. The molecule has 0 heterocycles. The lowest BCUT2D eigenvalue weighted by Crippen LogP contribution is -2.11. The van der Waals surface area contributed by atoms with Crippen LogP contribution in [0.1, 0.15) is 37.5 Å². The van der Waals surface area contributed by atoms with Gasteiger partial charge < -0.3 is 10.5 Å². The Kier molecular flexibility index (Phi) is 4.69. The standard InChI is InChI=1S/C19H25NO/c1-14-13-16(19(2,3)4)9-10-17(14)21-18-8-6-5-7-15(18)11-12-20/h5-10,13H,11-12,20H2,1-4H3. The van der Waals surface area contributed by atoms with Crippen LogP contribution in [0.15, 0.2) is 42.5 Å². The molecule has 0 radical (unpaired) electrons. The zero-order valence-electron chi connectivity index (χ0n) is 13.4. The average molecular weight is 283 g/mol. The monoisotopic (exact) mass is 283 g/mol. The van der Waals surface area contributed by atoms with Crippen molar-refractivity contribution >= 4 is 0 Å². The lowest BCUT2D eigenvalue weighted by atomic mass is 9.86. The molecule has 0 fully saturated rings. The fourth-order valence-electron chi connectivity index (χ4n) is 2.31. The van der Waals surface area contributed by atoms with Crippen molar-refractivity contribution in [3.8, 4) is 11.5 Å². The highest BCUT2D eigenvalue weighted by Gasteiger charge is 2.15. The van der Waals surface area contributed by atoms with Crippen molar-refractivity contribution in [2.75, 3.05) is 6.54 Å². The van der Waals surface area contributed by atoms with Gasteiger partial charge in [-0.1, -0.05) is 51.1 Å². The van der Waals surface area contributed by atoms with Crippen LogP contribution in [0.5, 0.6) is 11.5 Å². The van der Waals surface area contributed by atoms with Crippen molar-refractivity contribution in [2.24, 2.45) is 5.73 Å². The number of rotatable bonds is 4. The molecule has 0 aliphatic carbocycles.